The molecule has 0 saturated carbocycles. The van der Waals surface area contributed by atoms with E-state index in [2.05, 4.69) is 0 Å². The minimum atomic E-state index is 0. The zero-order valence-corrected chi connectivity index (χ0v) is 22.8. The van der Waals surface area contributed by atoms with Crippen molar-refractivity contribution in [1.82, 2.24) is 0 Å². The quantitative estimate of drug-likeness (QED) is 0.333. The minimum absolute atomic E-state index is 0. The maximum Gasteiger partial charge on any atom is 0.195 e. The third-order valence-electron chi connectivity index (χ3n) is 6.88. The van der Waals surface area contributed by atoms with Gasteiger partial charge in [-0.2, -0.15) is 0 Å². The van der Waals surface area contributed by atoms with Crippen LogP contribution in [0.25, 0.3) is 20.5 Å². The molecule has 7 heteroatoms. The Morgan fingerprint density at radius 2 is 1.49 bits per heavy atom. The lowest BCUT2D eigenvalue weighted by Gasteiger charge is -2.23. The summed E-state index contributed by atoms with van der Waals surface area (Å²) in [4.78, 5) is 16.4. The zero-order chi connectivity index (χ0) is 24.9. The molecule has 194 valence electrons. The highest BCUT2D eigenvalue weighted by molar-refractivity contribution is 7.22. The van der Waals surface area contributed by atoms with Gasteiger partial charge >= 0.3 is 0 Å². The second kappa shape index (κ2) is 12.5. The third kappa shape index (κ3) is 6.09. The van der Waals surface area contributed by atoms with Crippen molar-refractivity contribution >= 4 is 27.2 Å². The number of halogens is 1. The highest BCUT2D eigenvalue weighted by atomic mass is 35.5. The first-order valence-electron chi connectivity index (χ1n) is 12.5. The zero-order valence-electron chi connectivity index (χ0n) is 21.2. The fourth-order valence-corrected chi connectivity index (χ4v) is 6.07. The highest BCUT2D eigenvalue weighted by Gasteiger charge is 2.22. The van der Waals surface area contributed by atoms with E-state index in [0.717, 1.165) is 44.3 Å². The van der Waals surface area contributed by atoms with Gasteiger partial charge in [0.25, 0.3) is 0 Å². The second-order valence-electron chi connectivity index (χ2n) is 9.16. The largest absolute Gasteiger partial charge is 1.00 e. The first kappa shape index (κ1) is 27.0. The molecule has 1 aliphatic rings. The summed E-state index contributed by atoms with van der Waals surface area (Å²) >= 11 is 1.60. The molecule has 0 atom stereocenters. The van der Waals surface area contributed by atoms with Crippen molar-refractivity contribution in [1.29, 1.82) is 0 Å². The lowest BCUT2D eigenvalue weighted by molar-refractivity contribution is -0.904. The molecule has 1 N–H and O–H groups in total. The summed E-state index contributed by atoms with van der Waals surface area (Å²) in [6.07, 6.45) is 3.98. The number of nitrogens with one attached hydrogen (secondary N) is 1. The average Bonchev–Trinajstić information content (AvgIpc) is 3.32. The number of rotatable bonds is 9. The van der Waals surface area contributed by atoms with E-state index in [-0.39, 0.29) is 18.2 Å². The van der Waals surface area contributed by atoms with Gasteiger partial charge in [-0.05, 0) is 91.6 Å². The number of thiophene rings is 1. The number of hydrogen-bond acceptors (Lipinski definition) is 5. The molecule has 2 heterocycles. The maximum atomic E-state index is 13.8. The number of piperidine rings is 1. The van der Waals surface area contributed by atoms with Crippen LogP contribution in [0, 0.1) is 0 Å². The van der Waals surface area contributed by atoms with E-state index >= 15 is 0 Å². The predicted molar refractivity (Wildman–Crippen MR) is 145 cm³/mol. The van der Waals surface area contributed by atoms with Gasteiger partial charge < -0.3 is 31.5 Å². The molecule has 0 bridgehead atoms. The van der Waals surface area contributed by atoms with Crippen LogP contribution in [0.2, 0.25) is 0 Å². The van der Waals surface area contributed by atoms with Crippen molar-refractivity contribution in [3.05, 3.63) is 77.9 Å². The van der Waals surface area contributed by atoms with Crippen LogP contribution in [-0.4, -0.2) is 46.2 Å². The molecule has 0 aliphatic carbocycles. The number of fused-ring (bicyclic) bond motifs is 1. The number of ketones is 1. The fraction of sp³-hybridized carbons (Fsp3) is 0.300. The lowest BCUT2D eigenvalue weighted by Crippen LogP contribution is -3.13. The number of hydrogen-bond donors (Lipinski definition) is 1. The van der Waals surface area contributed by atoms with Crippen molar-refractivity contribution in [2.45, 2.75) is 19.3 Å². The number of carbonyl (C=O) groups is 1. The molecule has 5 rings (SSSR count). The van der Waals surface area contributed by atoms with E-state index in [4.69, 9.17) is 14.2 Å². The molecule has 0 radical (unpaired) electrons. The first-order chi connectivity index (χ1) is 17.7. The minimum Gasteiger partial charge on any atom is -1.00 e. The molecule has 0 amide bonds. The molecular weight excluding hydrogens is 506 g/mol. The van der Waals surface area contributed by atoms with Crippen LogP contribution in [0.4, 0.5) is 0 Å². The fourth-order valence-electron chi connectivity index (χ4n) is 4.84. The second-order valence-corrected chi connectivity index (χ2v) is 10.2. The third-order valence-corrected chi connectivity index (χ3v) is 8.08. The van der Waals surface area contributed by atoms with Crippen LogP contribution < -0.4 is 31.5 Å². The number of likely N-dealkylation sites (tertiary alicyclic amines) is 1. The summed E-state index contributed by atoms with van der Waals surface area (Å²) in [5.41, 5.74) is 2.35. The van der Waals surface area contributed by atoms with Crippen molar-refractivity contribution in [3.8, 4) is 27.7 Å². The van der Waals surface area contributed by atoms with E-state index in [1.54, 1.807) is 30.5 Å². The Kier molecular flexibility index (Phi) is 9.09. The van der Waals surface area contributed by atoms with Crippen molar-refractivity contribution < 1.29 is 36.3 Å². The van der Waals surface area contributed by atoms with Gasteiger partial charge in [-0.1, -0.05) is 0 Å². The molecule has 1 saturated heterocycles. The Morgan fingerprint density at radius 3 is 2.16 bits per heavy atom. The Balaban J connectivity index is 0.00000320. The van der Waals surface area contributed by atoms with E-state index in [1.165, 1.54) is 32.4 Å². The van der Waals surface area contributed by atoms with Crippen LogP contribution in [0.5, 0.6) is 17.2 Å². The van der Waals surface area contributed by atoms with Gasteiger partial charge in [-0.3, -0.25) is 4.79 Å². The predicted octanol–water partition coefficient (Wildman–Crippen LogP) is 2.27. The molecular formula is C30H32ClNO4S. The average molecular weight is 538 g/mol. The van der Waals surface area contributed by atoms with Crippen molar-refractivity contribution in [3.63, 3.8) is 0 Å². The Hall–Kier alpha value is -3.06. The lowest BCUT2D eigenvalue weighted by atomic mass is 9.97. The molecule has 5 nitrogen and oxygen atoms in total. The van der Waals surface area contributed by atoms with Gasteiger partial charge in [-0.25, -0.2) is 0 Å². The number of quaternary nitrogens is 1. The molecule has 1 aliphatic heterocycles. The van der Waals surface area contributed by atoms with Gasteiger partial charge in [0.05, 0.1) is 27.3 Å². The van der Waals surface area contributed by atoms with Crippen LogP contribution >= 0.6 is 11.3 Å². The molecule has 1 fully saturated rings. The summed E-state index contributed by atoms with van der Waals surface area (Å²) < 4.78 is 17.8. The number of carbonyl (C=O) groups excluding carboxylic acids is 1. The van der Waals surface area contributed by atoms with E-state index in [9.17, 15) is 4.79 Å². The molecule has 4 aromatic rings. The summed E-state index contributed by atoms with van der Waals surface area (Å²) in [6.45, 7) is 4.21. The molecule has 0 unspecified atom stereocenters. The van der Waals surface area contributed by atoms with Gasteiger partial charge in [0.15, 0.2) is 5.78 Å². The van der Waals surface area contributed by atoms with E-state index < -0.39 is 0 Å². The first-order valence-corrected chi connectivity index (χ1v) is 13.3. The summed E-state index contributed by atoms with van der Waals surface area (Å²) in [5.74, 6) is 2.36. The Morgan fingerprint density at radius 1 is 0.838 bits per heavy atom. The molecule has 3 aromatic carbocycles. The maximum absolute atomic E-state index is 13.8. The number of benzene rings is 3. The number of methoxy groups -OCH3 is 2. The van der Waals surface area contributed by atoms with E-state index in [1.807, 2.05) is 66.7 Å². The normalized spacial score (nSPS) is 13.7. The summed E-state index contributed by atoms with van der Waals surface area (Å²) in [7, 11) is 3.31. The smallest absolute Gasteiger partial charge is 0.195 e. The van der Waals surface area contributed by atoms with Crippen molar-refractivity contribution in [2.24, 2.45) is 0 Å². The van der Waals surface area contributed by atoms with Gasteiger partial charge in [0.1, 0.15) is 30.4 Å². The molecule has 1 aromatic heterocycles. The Labute approximate surface area is 228 Å². The standard InChI is InChI=1S/C30H31NO4S.ClH/c1-33-23-10-8-22(9-11-23)30-28(26-15-14-25(34-2)20-27(26)36-30)29(32)21-6-12-24(13-7-21)35-19-18-31-16-4-3-5-17-31;/h6-15,20H,3-5,16-19H2,1-2H3;1H. The van der Waals surface area contributed by atoms with Gasteiger partial charge in [-0.15, -0.1) is 11.3 Å². The summed E-state index contributed by atoms with van der Waals surface area (Å²) in [5, 5.41) is 0.932. The number of ether oxygens (including phenoxy) is 3. The molecule has 37 heavy (non-hydrogen) atoms. The van der Waals surface area contributed by atoms with E-state index in [0.29, 0.717) is 17.7 Å². The summed E-state index contributed by atoms with van der Waals surface area (Å²) in [6, 6.07) is 21.3. The van der Waals surface area contributed by atoms with Gasteiger partial charge in [0, 0.05) is 26.1 Å². The molecule has 0 spiro atoms. The SMILES string of the molecule is COc1ccc(-c2sc3cc(OC)ccc3c2C(=O)c2ccc(OCC[NH+]3CCCCC3)cc2)cc1.[Cl-]. The topological polar surface area (TPSA) is 49.2 Å². The van der Waals surface area contributed by atoms with Crippen LogP contribution in [0.15, 0.2) is 66.7 Å². The highest BCUT2D eigenvalue weighted by Crippen LogP contribution is 2.41. The monoisotopic (exact) mass is 537 g/mol. The Bertz CT molecular complexity index is 1330. The van der Waals surface area contributed by atoms with Crippen LogP contribution in [0.3, 0.4) is 0 Å². The van der Waals surface area contributed by atoms with Crippen molar-refractivity contribution in [2.75, 3.05) is 40.5 Å². The van der Waals surface area contributed by atoms with Gasteiger partial charge in [0.2, 0.25) is 0 Å². The van der Waals surface area contributed by atoms with Crippen LogP contribution in [0.1, 0.15) is 35.2 Å². The van der Waals surface area contributed by atoms with Crippen LogP contribution in [-0.2, 0) is 0 Å².